The van der Waals surface area contributed by atoms with E-state index in [0.29, 0.717) is 5.69 Å². The number of fused-ring (bicyclic) bond motifs is 1. The maximum absolute atomic E-state index is 10.9. The maximum atomic E-state index is 10.9. The zero-order valence-electron chi connectivity index (χ0n) is 7.19. The number of carbonyl (C=O) groups excluding carboxylic acids is 1. The predicted octanol–water partition coefficient (Wildman–Crippen LogP) is 0.742. The third-order valence-electron chi connectivity index (χ3n) is 1.91. The van der Waals surface area contributed by atoms with Crippen molar-refractivity contribution in [3.63, 3.8) is 0 Å². The molecule has 0 saturated carbocycles. The number of carbonyl (C=O) groups is 1. The summed E-state index contributed by atoms with van der Waals surface area (Å²) in [6.45, 7) is 1.95. The van der Waals surface area contributed by atoms with Crippen molar-refractivity contribution >= 4 is 11.6 Å². The SMILES string of the molecule is Cc1ccc2ncc(C(N)=O)n2c1. The van der Waals surface area contributed by atoms with E-state index in [0.717, 1.165) is 11.2 Å². The summed E-state index contributed by atoms with van der Waals surface area (Å²) in [7, 11) is 0. The second-order valence-corrected chi connectivity index (χ2v) is 2.94. The Balaban J connectivity index is 2.79. The molecule has 13 heavy (non-hydrogen) atoms. The number of aryl methyl sites for hydroxylation is 1. The average Bonchev–Trinajstić information content (AvgIpc) is 2.46. The molecule has 0 radical (unpaired) electrons. The van der Waals surface area contributed by atoms with E-state index in [1.54, 1.807) is 4.40 Å². The Bertz CT molecular complexity index is 473. The topological polar surface area (TPSA) is 60.4 Å². The molecule has 0 saturated heterocycles. The van der Waals surface area contributed by atoms with Crippen LogP contribution in [0.25, 0.3) is 5.65 Å². The first-order valence-electron chi connectivity index (χ1n) is 3.92. The normalized spacial score (nSPS) is 10.5. The van der Waals surface area contributed by atoms with Crippen LogP contribution in [0.3, 0.4) is 0 Å². The number of nitrogens with zero attached hydrogens (tertiary/aromatic N) is 2. The smallest absolute Gasteiger partial charge is 0.267 e. The van der Waals surface area contributed by atoms with E-state index >= 15 is 0 Å². The number of amides is 1. The summed E-state index contributed by atoms with van der Waals surface area (Å²) in [4.78, 5) is 15.0. The Kier molecular flexibility index (Phi) is 1.55. The van der Waals surface area contributed by atoms with E-state index in [1.807, 2.05) is 25.3 Å². The van der Waals surface area contributed by atoms with Crippen molar-refractivity contribution in [2.24, 2.45) is 5.73 Å². The van der Waals surface area contributed by atoms with Gasteiger partial charge in [0.2, 0.25) is 0 Å². The maximum Gasteiger partial charge on any atom is 0.267 e. The van der Waals surface area contributed by atoms with Crippen LogP contribution >= 0.6 is 0 Å². The lowest BCUT2D eigenvalue weighted by atomic mass is 10.3. The van der Waals surface area contributed by atoms with Gasteiger partial charge in [-0.2, -0.15) is 0 Å². The lowest BCUT2D eigenvalue weighted by molar-refractivity contribution is 0.0995. The number of aromatic nitrogens is 2. The lowest BCUT2D eigenvalue weighted by Crippen LogP contribution is -2.13. The van der Waals surface area contributed by atoms with Gasteiger partial charge in [0, 0.05) is 6.20 Å². The molecule has 0 aliphatic heterocycles. The molecular formula is C9H9N3O. The molecule has 0 aliphatic rings. The number of nitrogens with two attached hydrogens (primary N) is 1. The van der Waals surface area contributed by atoms with Gasteiger partial charge < -0.3 is 5.73 Å². The fraction of sp³-hybridized carbons (Fsp3) is 0.111. The number of rotatable bonds is 1. The van der Waals surface area contributed by atoms with Gasteiger partial charge in [-0.05, 0) is 18.6 Å². The van der Waals surface area contributed by atoms with Gasteiger partial charge in [-0.3, -0.25) is 9.20 Å². The van der Waals surface area contributed by atoms with Crippen molar-refractivity contribution in [1.29, 1.82) is 0 Å². The second kappa shape index (κ2) is 2.58. The highest BCUT2D eigenvalue weighted by molar-refractivity contribution is 5.91. The van der Waals surface area contributed by atoms with Gasteiger partial charge in [-0.15, -0.1) is 0 Å². The summed E-state index contributed by atoms with van der Waals surface area (Å²) in [6, 6.07) is 3.79. The summed E-state index contributed by atoms with van der Waals surface area (Å²) in [5, 5.41) is 0. The van der Waals surface area contributed by atoms with E-state index < -0.39 is 5.91 Å². The summed E-state index contributed by atoms with van der Waals surface area (Å²) >= 11 is 0. The minimum atomic E-state index is -0.460. The molecule has 0 spiro atoms. The number of imidazole rings is 1. The fourth-order valence-electron chi connectivity index (χ4n) is 1.27. The molecule has 0 aromatic carbocycles. The first-order chi connectivity index (χ1) is 6.18. The van der Waals surface area contributed by atoms with E-state index in [-0.39, 0.29) is 0 Å². The van der Waals surface area contributed by atoms with Crippen LogP contribution in [-0.4, -0.2) is 15.3 Å². The number of hydrogen-bond donors (Lipinski definition) is 1. The molecule has 2 aromatic rings. The molecule has 4 heteroatoms. The average molecular weight is 175 g/mol. The zero-order chi connectivity index (χ0) is 9.42. The van der Waals surface area contributed by atoms with Crippen molar-refractivity contribution in [3.8, 4) is 0 Å². The number of hydrogen-bond acceptors (Lipinski definition) is 2. The number of primary amides is 1. The first-order valence-corrected chi connectivity index (χ1v) is 3.92. The molecular weight excluding hydrogens is 166 g/mol. The molecule has 0 atom stereocenters. The largest absolute Gasteiger partial charge is 0.364 e. The van der Waals surface area contributed by atoms with Gasteiger partial charge in [-0.25, -0.2) is 4.98 Å². The molecule has 0 aliphatic carbocycles. The molecule has 0 unspecified atom stereocenters. The summed E-state index contributed by atoms with van der Waals surface area (Å²) in [5.74, 6) is -0.460. The van der Waals surface area contributed by atoms with Crippen LogP contribution in [-0.2, 0) is 0 Å². The quantitative estimate of drug-likeness (QED) is 0.694. The molecule has 66 valence electrons. The third-order valence-corrected chi connectivity index (χ3v) is 1.91. The molecule has 0 bridgehead atoms. The van der Waals surface area contributed by atoms with Crippen LogP contribution in [0.5, 0.6) is 0 Å². The van der Waals surface area contributed by atoms with Crippen molar-refractivity contribution < 1.29 is 4.79 Å². The molecule has 2 heterocycles. The Hall–Kier alpha value is -1.84. The van der Waals surface area contributed by atoms with Gasteiger partial charge in [0.25, 0.3) is 5.91 Å². The van der Waals surface area contributed by atoms with Crippen molar-refractivity contribution in [1.82, 2.24) is 9.38 Å². The van der Waals surface area contributed by atoms with Crippen LogP contribution in [0.1, 0.15) is 16.1 Å². The minimum absolute atomic E-state index is 0.415. The van der Waals surface area contributed by atoms with Crippen molar-refractivity contribution in [2.75, 3.05) is 0 Å². The Morgan fingerprint density at radius 1 is 1.54 bits per heavy atom. The minimum Gasteiger partial charge on any atom is -0.364 e. The number of pyridine rings is 1. The van der Waals surface area contributed by atoms with Gasteiger partial charge >= 0.3 is 0 Å². The second-order valence-electron chi connectivity index (χ2n) is 2.94. The summed E-state index contributed by atoms with van der Waals surface area (Å²) in [6.07, 6.45) is 3.32. The van der Waals surface area contributed by atoms with E-state index in [1.165, 1.54) is 6.20 Å². The van der Waals surface area contributed by atoms with Crippen LogP contribution < -0.4 is 5.73 Å². The zero-order valence-corrected chi connectivity index (χ0v) is 7.19. The standard InChI is InChI=1S/C9H9N3O/c1-6-2-3-8-11-4-7(9(10)13)12(8)5-6/h2-5H,1H3,(H2,10,13). The van der Waals surface area contributed by atoms with E-state index in [4.69, 9.17) is 5.73 Å². The Labute approximate surface area is 75.0 Å². The van der Waals surface area contributed by atoms with E-state index in [2.05, 4.69) is 4.98 Å². The first kappa shape index (κ1) is 7.79. The molecule has 2 aromatic heterocycles. The third kappa shape index (κ3) is 1.16. The highest BCUT2D eigenvalue weighted by atomic mass is 16.1. The molecule has 0 fully saturated rings. The molecule has 2 rings (SSSR count). The Morgan fingerprint density at radius 2 is 2.31 bits per heavy atom. The predicted molar refractivity (Wildman–Crippen MR) is 48.4 cm³/mol. The summed E-state index contributed by atoms with van der Waals surface area (Å²) in [5.41, 5.74) is 7.39. The van der Waals surface area contributed by atoms with Crippen molar-refractivity contribution in [3.05, 3.63) is 35.8 Å². The van der Waals surface area contributed by atoms with Gasteiger partial charge in [0.15, 0.2) is 0 Å². The van der Waals surface area contributed by atoms with Crippen LogP contribution in [0.4, 0.5) is 0 Å². The van der Waals surface area contributed by atoms with Crippen LogP contribution in [0.2, 0.25) is 0 Å². The molecule has 2 N–H and O–H groups in total. The molecule has 1 amide bonds. The van der Waals surface area contributed by atoms with Crippen molar-refractivity contribution in [2.45, 2.75) is 6.92 Å². The van der Waals surface area contributed by atoms with Gasteiger partial charge in [0.05, 0.1) is 6.20 Å². The monoisotopic (exact) mass is 175 g/mol. The van der Waals surface area contributed by atoms with E-state index in [9.17, 15) is 4.79 Å². The van der Waals surface area contributed by atoms with Crippen LogP contribution in [0, 0.1) is 6.92 Å². The Morgan fingerprint density at radius 3 is 3.00 bits per heavy atom. The van der Waals surface area contributed by atoms with Gasteiger partial charge in [-0.1, -0.05) is 6.07 Å². The molecule has 4 nitrogen and oxygen atoms in total. The van der Waals surface area contributed by atoms with Gasteiger partial charge in [0.1, 0.15) is 11.3 Å². The highest BCUT2D eigenvalue weighted by Crippen LogP contribution is 2.07. The summed E-state index contributed by atoms with van der Waals surface area (Å²) < 4.78 is 1.69. The van der Waals surface area contributed by atoms with Crippen LogP contribution in [0.15, 0.2) is 24.5 Å². The lowest BCUT2D eigenvalue weighted by Gasteiger charge is -1.98. The highest BCUT2D eigenvalue weighted by Gasteiger charge is 2.07. The fourth-order valence-corrected chi connectivity index (χ4v) is 1.27.